The van der Waals surface area contributed by atoms with E-state index in [4.69, 9.17) is 4.42 Å². The van der Waals surface area contributed by atoms with Crippen LogP contribution in [0.3, 0.4) is 0 Å². The molecule has 2 rings (SSSR count). The van der Waals surface area contributed by atoms with Crippen molar-refractivity contribution in [3.8, 4) is 0 Å². The number of aromatic amines is 1. The summed E-state index contributed by atoms with van der Waals surface area (Å²) >= 11 is 0. The van der Waals surface area contributed by atoms with Gasteiger partial charge in [-0.3, -0.25) is 4.98 Å². The van der Waals surface area contributed by atoms with Crippen LogP contribution in [0.1, 0.15) is 0 Å². The van der Waals surface area contributed by atoms with Crippen LogP contribution >= 0.6 is 0 Å². The molecule has 2 aromatic rings. The molecule has 0 fully saturated rings. The van der Waals surface area contributed by atoms with Gasteiger partial charge in [-0.25, -0.2) is 17.9 Å². The van der Waals surface area contributed by atoms with Gasteiger partial charge in [-0.05, 0) is 32.3 Å². The fourth-order valence-corrected chi connectivity index (χ4v) is 2.63. The SMILES string of the molecule is CN(C)CCNS(=O)(=O)c1ccc2oc(=O)[nH]c2c1. The second-order valence-corrected chi connectivity index (χ2v) is 6.14. The number of oxazole rings is 1. The molecule has 1 aromatic heterocycles. The zero-order valence-electron chi connectivity index (χ0n) is 10.6. The molecule has 2 N–H and O–H groups in total. The molecule has 0 atom stereocenters. The Morgan fingerprint density at radius 2 is 2.11 bits per heavy atom. The smallest absolute Gasteiger partial charge is 0.408 e. The summed E-state index contributed by atoms with van der Waals surface area (Å²) in [5.74, 6) is -0.606. The first-order valence-electron chi connectivity index (χ1n) is 5.66. The largest absolute Gasteiger partial charge is 0.417 e. The van der Waals surface area contributed by atoms with E-state index >= 15 is 0 Å². The van der Waals surface area contributed by atoms with E-state index in [9.17, 15) is 13.2 Å². The molecule has 1 heterocycles. The lowest BCUT2D eigenvalue weighted by molar-refractivity contribution is 0.412. The Balaban J connectivity index is 2.24. The third kappa shape index (κ3) is 3.22. The highest BCUT2D eigenvalue weighted by Crippen LogP contribution is 2.16. The summed E-state index contributed by atoms with van der Waals surface area (Å²) in [5, 5.41) is 0. The van der Waals surface area contributed by atoms with E-state index in [0.29, 0.717) is 24.2 Å². The molecule has 104 valence electrons. The molecule has 0 saturated carbocycles. The third-order valence-electron chi connectivity index (χ3n) is 2.55. The lowest BCUT2D eigenvalue weighted by Gasteiger charge is -2.10. The van der Waals surface area contributed by atoms with Crippen molar-refractivity contribution in [1.29, 1.82) is 0 Å². The average Bonchev–Trinajstić information content (AvgIpc) is 2.67. The minimum absolute atomic E-state index is 0.0933. The maximum atomic E-state index is 12.0. The minimum Gasteiger partial charge on any atom is -0.408 e. The summed E-state index contributed by atoms with van der Waals surface area (Å²) in [6.07, 6.45) is 0. The van der Waals surface area contributed by atoms with Gasteiger partial charge in [0.2, 0.25) is 10.0 Å². The number of rotatable bonds is 5. The summed E-state index contributed by atoms with van der Waals surface area (Å²) in [6.45, 7) is 0.916. The molecule has 7 nitrogen and oxygen atoms in total. The Kier molecular flexibility index (Phi) is 3.74. The van der Waals surface area contributed by atoms with Gasteiger partial charge >= 0.3 is 5.76 Å². The van der Waals surface area contributed by atoms with Gasteiger partial charge in [0.25, 0.3) is 0 Å². The summed E-state index contributed by atoms with van der Waals surface area (Å²) < 4.78 is 31.3. The van der Waals surface area contributed by atoms with Crippen molar-refractivity contribution in [2.75, 3.05) is 27.2 Å². The van der Waals surface area contributed by atoms with E-state index in [0.717, 1.165) is 0 Å². The number of benzene rings is 1. The molecule has 0 spiro atoms. The first-order chi connectivity index (χ1) is 8.88. The fraction of sp³-hybridized carbons (Fsp3) is 0.364. The Labute approximate surface area is 110 Å². The minimum atomic E-state index is -3.58. The summed E-state index contributed by atoms with van der Waals surface area (Å²) in [4.78, 5) is 15.4. The van der Waals surface area contributed by atoms with E-state index in [1.807, 2.05) is 19.0 Å². The van der Waals surface area contributed by atoms with Crippen LogP contribution in [0.15, 0.2) is 32.3 Å². The quantitative estimate of drug-likeness (QED) is 0.803. The van der Waals surface area contributed by atoms with Crippen LogP contribution in [0.4, 0.5) is 0 Å². The zero-order chi connectivity index (χ0) is 14.0. The topological polar surface area (TPSA) is 95.4 Å². The number of nitrogens with one attached hydrogen (secondary N) is 2. The molecule has 0 radical (unpaired) electrons. The monoisotopic (exact) mass is 285 g/mol. The predicted molar refractivity (Wildman–Crippen MR) is 70.6 cm³/mol. The first-order valence-corrected chi connectivity index (χ1v) is 7.14. The standard InChI is InChI=1S/C11H15N3O4S/c1-14(2)6-5-12-19(16,17)8-3-4-10-9(7-8)13-11(15)18-10/h3-4,7,12H,5-6H2,1-2H3,(H,13,15). The Morgan fingerprint density at radius 1 is 1.37 bits per heavy atom. The Hall–Kier alpha value is -1.64. The van der Waals surface area contributed by atoms with Crippen molar-refractivity contribution < 1.29 is 12.8 Å². The normalized spacial score (nSPS) is 12.4. The number of H-pyrrole nitrogens is 1. The number of hydrogen-bond acceptors (Lipinski definition) is 5. The second-order valence-electron chi connectivity index (χ2n) is 4.37. The van der Waals surface area contributed by atoms with Crippen molar-refractivity contribution in [2.24, 2.45) is 0 Å². The Morgan fingerprint density at radius 3 is 2.79 bits per heavy atom. The van der Waals surface area contributed by atoms with E-state index in [1.54, 1.807) is 0 Å². The molecule has 0 amide bonds. The van der Waals surface area contributed by atoms with Crippen molar-refractivity contribution in [2.45, 2.75) is 4.90 Å². The molecule has 1 aromatic carbocycles. The average molecular weight is 285 g/mol. The highest BCUT2D eigenvalue weighted by atomic mass is 32.2. The van der Waals surface area contributed by atoms with Gasteiger partial charge in [0, 0.05) is 13.1 Å². The van der Waals surface area contributed by atoms with Crippen molar-refractivity contribution in [3.63, 3.8) is 0 Å². The fourth-order valence-electron chi connectivity index (χ4n) is 1.59. The van der Waals surface area contributed by atoms with Crippen molar-refractivity contribution in [3.05, 3.63) is 28.7 Å². The predicted octanol–water partition coefficient (Wildman–Crippen LogP) is -0.0390. The maximum absolute atomic E-state index is 12.0. The van der Waals surface area contributed by atoms with Gasteiger partial charge in [0.1, 0.15) is 0 Å². The first kappa shape index (κ1) is 13.8. The number of hydrogen-bond donors (Lipinski definition) is 2. The number of likely N-dealkylation sites (N-methyl/N-ethyl adjacent to an activating group) is 1. The van der Waals surface area contributed by atoms with Crippen LogP contribution in [-0.4, -0.2) is 45.5 Å². The van der Waals surface area contributed by atoms with Crippen LogP contribution < -0.4 is 10.5 Å². The molecular formula is C11H15N3O4S. The third-order valence-corrected chi connectivity index (χ3v) is 4.01. The zero-order valence-corrected chi connectivity index (χ0v) is 11.5. The van der Waals surface area contributed by atoms with Gasteiger partial charge in [0.15, 0.2) is 5.58 Å². The van der Waals surface area contributed by atoms with Crippen LogP contribution in [-0.2, 0) is 10.0 Å². The number of aromatic nitrogens is 1. The lowest BCUT2D eigenvalue weighted by atomic mass is 10.3. The molecule has 8 heteroatoms. The second kappa shape index (κ2) is 5.16. The van der Waals surface area contributed by atoms with Crippen LogP contribution in [0.25, 0.3) is 11.1 Å². The number of nitrogens with zero attached hydrogens (tertiary/aromatic N) is 1. The van der Waals surface area contributed by atoms with E-state index in [-0.39, 0.29) is 4.90 Å². The number of sulfonamides is 1. The van der Waals surface area contributed by atoms with Gasteiger partial charge < -0.3 is 9.32 Å². The van der Waals surface area contributed by atoms with E-state index < -0.39 is 15.8 Å². The van der Waals surface area contributed by atoms with Gasteiger partial charge in [-0.1, -0.05) is 0 Å². The molecule has 0 aliphatic heterocycles. The van der Waals surface area contributed by atoms with Crippen LogP contribution in [0.5, 0.6) is 0 Å². The molecule has 0 bridgehead atoms. The summed E-state index contributed by atoms with van der Waals surface area (Å²) in [6, 6.07) is 4.23. The van der Waals surface area contributed by atoms with E-state index in [2.05, 4.69) is 9.71 Å². The number of fused-ring (bicyclic) bond motifs is 1. The van der Waals surface area contributed by atoms with Crippen molar-refractivity contribution in [1.82, 2.24) is 14.6 Å². The van der Waals surface area contributed by atoms with E-state index in [1.165, 1.54) is 18.2 Å². The lowest BCUT2D eigenvalue weighted by Crippen LogP contribution is -2.31. The molecule has 0 aliphatic carbocycles. The molecular weight excluding hydrogens is 270 g/mol. The van der Waals surface area contributed by atoms with Gasteiger partial charge in [-0.15, -0.1) is 0 Å². The maximum Gasteiger partial charge on any atom is 0.417 e. The highest BCUT2D eigenvalue weighted by molar-refractivity contribution is 7.89. The Bertz CT molecular complexity index is 730. The van der Waals surface area contributed by atoms with Crippen molar-refractivity contribution >= 4 is 21.1 Å². The molecule has 0 aliphatic rings. The molecule has 19 heavy (non-hydrogen) atoms. The van der Waals surface area contributed by atoms with Gasteiger partial charge in [0.05, 0.1) is 10.4 Å². The summed E-state index contributed by atoms with van der Waals surface area (Å²) in [5.41, 5.74) is 0.692. The summed E-state index contributed by atoms with van der Waals surface area (Å²) in [7, 11) is 0.137. The van der Waals surface area contributed by atoms with Crippen LogP contribution in [0, 0.1) is 0 Å². The van der Waals surface area contributed by atoms with Crippen LogP contribution in [0.2, 0.25) is 0 Å². The molecule has 0 unspecified atom stereocenters. The molecule has 0 saturated heterocycles. The van der Waals surface area contributed by atoms with Gasteiger partial charge in [-0.2, -0.15) is 0 Å². The highest BCUT2D eigenvalue weighted by Gasteiger charge is 2.15.